The predicted molar refractivity (Wildman–Crippen MR) is 69.1 cm³/mol. The summed E-state index contributed by atoms with van der Waals surface area (Å²) in [4.78, 5) is 0. The van der Waals surface area contributed by atoms with Crippen LogP contribution in [0.25, 0.3) is 0 Å². The summed E-state index contributed by atoms with van der Waals surface area (Å²) in [5.74, 6) is 0.120. The molecule has 0 radical (unpaired) electrons. The van der Waals surface area contributed by atoms with Crippen molar-refractivity contribution in [1.29, 1.82) is 0 Å². The van der Waals surface area contributed by atoms with Crippen molar-refractivity contribution in [2.75, 3.05) is 0 Å². The average Bonchev–Trinajstić information content (AvgIpc) is 2.75. The second kappa shape index (κ2) is 5.96. The number of hydrogen-bond acceptors (Lipinski definition) is 2. The molecule has 0 saturated carbocycles. The lowest BCUT2D eigenvalue weighted by Crippen LogP contribution is -2.08. The first-order valence-electron chi connectivity index (χ1n) is 5.96. The van der Waals surface area contributed by atoms with Gasteiger partial charge in [0, 0.05) is 5.56 Å². The fourth-order valence-electron chi connectivity index (χ4n) is 1.90. The van der Waals surface area contributed by atoms with E-state index >= 15 is 0 Å². The van der Waals surface area contributed by atoms with Crippen molar-refractivity contribution < 1.29 is 4.39 Å². The molecule has 0 fully saturated rings. The van der Waals surface area contributed by atoms with E-state index in [-0.39, 0.29) is 5.82 Å². The van der Waals surface area contributed by atoms with Gasteiger partial charge in [0.2, 0.25) is 0 Å². The SMILES string of the molecule is CCCc1c(CCl)nnn1Cc1ccccc1F. The van der Waals surface area contributed by atoms with E-state index in [1.54, 1.807) is 16.8 Å². The highest BCUT2D eigenvalue weighted by atomic mass is 35.5. The number of alkyl halides is 1. The van der Waals surface area contributed by atoms with Crippen LogP contribution in [0.1, 0.15) is 30.3 Å². The number of hydrogen-bond donors (Lipinski definition) is 0. The molecule has 2 aromatic rings. The van der Waals surface area contributed by atoms with Crippen LogP contribution in [0.15, 0.2) is 24.3 Å². The minimum absolute atomic E-state index is 0.220. The summed E-state index contributed by atoms with van der Waals surface area (Å²) in [6.07, 6.45) is 1.83. The van der Waals surface area contributed by atoms with Gasteiger partial charge in [-0.3, -0.25) is 0 Å². The highest BCUT2D eigenvalue weighted by Crippen LogP contribution is 2.14. The molecule has 0 aliphatic rings. The Labute approximate surface area is 111 Å². The third kappa shape index (κ3) is 2.70. The molecule has 0 amide bonds. The summed E-state index contributed by atoms with van der Waals surface area (Å²) in [6, 6.07) is 6.70. The highest BCUT2D eigenvalue weighted by Gasteiger charge is 2.12. The van der Waals surface area contributed by atoms with Gasteiger partial charge in [-0.15, -0.1) is 16.7 Å². The summed E-state index contributed by atoms with van der Waals surface area (Å²) in [6.45, 7) is 2.48. The van der Waals surface area contributed by atoms with Gasteiger partial charge in [-0.2, -0.15) is 0 Å². The number of rotatable bonds is 5. The third-order valence-electron chi connectivity index (χ3n) is 2.81. The van der Waals surface area contributed by atoms with E-state index in [9.17, 15) is 4.39 Å². The van der Waals surface area contributed by atoms with E-state index < -0.39 is 0 Å². The lowest BCUT2D eigenvalue weighted by atomic mass is 10.2. The average molecular weight is 268 g/mol. The quantitative estimate of drug-likeness (QED) is 0.779. The Morgan fingerprint density at radius 1 is 1.33 bits per heavy atom. The smallest absolute Gasteiger partial charge is 0.128 e. The van der Waals surface area contributed by atoms with Gasteiger partial charge in [0.05, 0.1) is 18.1 Å². The Morgan fingerprint density at radius 3 is 2.78 bits per heavy atom. The van der Waals surface area contributed by atoms with Crippen molar-refractivity contribution in [2.24, 2.45) is 0 Å². The molecule has 0 aliphatic carbocycles. The van der Waals surface area contributed by atoms with Gasteiger partial charge in [-0.05, 0) is 12.5 Å². The minimum Gasteiger partial charge on any atom is -0.245 e. The van der Waals surface area contributed by atoms with E-state index in [0.29, 0.717) is 18.0 Å². The van der Waals surface area contributed by atoms with Crippen LogP contribution in [0.3, 0.4) is 0 Å². The summed E-state index contributed by atoms with van der Waals surface area (Å²) in [5.41, 5.74) is 2.39. The standard InChI is InChI=1S/C13H15ClFN3/c1-2-5-13-12(8-14)16-17-18(13)9-10-6-3-4-7-11(10)15/h3-4,6-7H,2,5,8-9H2,1H3. The Morgan fingerprint density at radius 2 is 2.11 bits per heavy atom. The Balaban J connectivity index is 2.29. The second-order valence-electron chi connectivity index (χ2n) is 4.12. The van der Waals surface area contributed by atoms with Crippen molar-refractivity contribution in [3.05, 3.63) is 47.0 Å². The van der Waals surface area contributed by atoms with Crippen LogP contribution in [0.5, 0.6) is 0 Å². The van der Waals surface area contributed by atoms with E-state index in [0.717, 1.165) is 24.2 Å². The maximum Gasteiger partial charge on any atom is 0.128 e. The molecule has 18 heavy (non-hydrogen) atoms. The number of halogens is 2. The first-order chi connectivity index (χ1) is 8.76. The van der Waals surface area contributed by atoms with Gasteiger partial charge in [0.15, 0.2) is 0 Å². The number of aromatic nitrogens is 3. The molecule has 5 heteroatoms. The molecule has 1 aromatic carbocycles. The van der Waals surface area contributed by atoms with Crippen molar-refractivity contribution in [2.45, 2.75) is 32.2 Å². The third-order valence-corrected chi connectivity index (χ3v) is 3.06. The van der Waals surface area contributed by atoms with E-state index in [2.05, 4.69) is 17.2 Å². The molecule has 0 aliphatic heterocycles. The monoisotopic (exact) mass is 267 g/mol. The van der Waals surface area contributed by atoms with Gasteiger partial charge >= 0.3 is 0 Å². The minimum atomic E-state index is -0.220. The predicted octanol–water partition coefficient (Wildman–Crippen LogP) is 3.16. The molecule has 0 bridgehead atoms. The molecule has 1 aromatic heterocycles. The number of nitrogens with zero attached hydrogens (tertiary/aromatic N) is 3. The molecule has 96 valence electrons. The largest absolute Gasteiger partial charge is 0.245 e. The highest BCUT2D eigenvalue weighted by molar-refractivity contribution is 6.16. The van der Waals surface area contributed by atoms with Crippen LogP contribution in [0, 0.1) is 5.82 Å². The molecule has 0 atom stereocenters. The van der Waals surface area contributed by atoms with Gasteiger partial charge < -0.3 is 0 Å². The summed E-state index contributed by atoms with van der Waals surface area (Å²) in [5, 5.41) is 8.10. The van der Waals surface area contributed by atoms with Gasteiger partial charge in [0.25, 0.3) is 0 Å². The Kier molecular flexibility index (Phi) is 4.31. The Bertz CT molecular complexity index is 525. The molecule has 0 N–H and O–H groups in total. The zero-order valence-corrected chi connectivity index (χ0v) is 11.0. The first-order valence-corrected chi connectivity index (χ1v) is 6.50. The molecule has 0 unspecified atom stereocenters. The van der Waals surface area contributed by atoms with E-state index in [4.69, 9.17) is 11.6 Å². The first kappa shape index (κ1) is 13.0. The molecule has 3 nitrogen and oxygen atoms in total. The van der Waals surface area contributed by atoms with Crippen LogP contribution >= 0.6 is 11.6 Å². The summed E-state index contributed by atoms with van der Waals surface area (Å²) >= 11 is 5.83. The van der Waals surface area contributed by atoms with Crippen LogP contribution in [-0.4, -0.2) is 15.0 Å². The second-order valence-corrected chi connectivity index (χ2v) is 4.38. The molecule has 0 spiro atoms. The van der Waals surface area contributed by atoms with Crippen molar-refractivity contribution >= 4 is 11.6 Å². The van der Waals surface area contributed by atoms with Crippen LogP contribution in [0.4, 0.5) is 4.39 Å². The topological polar surface area (TPSA) is 30.7 Å². The van der Waals surface area contributed by atoms with Crippen molar-refractivity contribution in [3.63, 3.8) is 0 Å². The van der Waals surface area contributed by atoms with Crippen LogP contribution in [0.2, 0.25) is 0 Å². The van der Waals surface area contributed by atoms with E-state index in [1.165, 1.54) is 6.07 Å². The zero-order chi connectivity index (χ0) is 13.0. The van der Waals surface area contributed by atoms with Gasteiger partial charge in [-0.1, -0.05) is 36.8 Å². The molecular formula is C13H15ClFN3. The summed E-state index contributed by atoms with van der Waals surface area (Å²) in [7, 11) is 0. The molecular weight excluding hydrogens is 253 g/mol. The lowest BCUT2D eigenvalue weighted by Gasteiger charge is -2.07. The fourth-order valence-corrected chi connectivity index (χ4v) is 2.11. The summed E-state index contributed by atoms with van der Waals surface area (Å²) < 4.78 is 15.3. The molecule has 0 saturated heterocycles. The maximum atomic E-state index is 13.6. The maximum absolute atomic E-state index is 13.6. The normalized spacial score (nSPS) is 10.8. The van der Waals surface area contributed by atoms with Gasteiger partial charge in [-0.25, -0.2) is 9.07 Å². The fraction of sp³-hybridized carbons (Fsp3) is 0.385. The molecule has 2 rings (SSSR count). The van der Waals surface area contributed by atoms with Crippen molar-refractivity contribution in [1.82, 2.24) is 15.0 Å². The van der Waals surface area contributed by atoms with Crippen LogP contribution in [-0.2, 0) is 18.8 Å². The lowest BCUT2D eigenvalue weighted by molar-refractivity contribution is 0.564. The molecule has 1 heterocycles. The Hall–Kier alpha value is -1.42. The zero-order valence-electron chi connectivity index (χ0n) is 10.2. The van der Waals surface area contributed by atoms with Crippen molar-refractivity contribution in [3.8, 4) is 0 Å². The number of benzene rings is 1. The van der Waals surface area contributed by atoms with Gasteiger partial charge in [0.1, 0.15) is 11.5 Å². The van der Waals surface area contributed by atoms with Crippen LogP contribution < -0.4 is 0 Å². The van der Waals surface area contributed by atoms with E-state index in [1.807, 2.05) is 6.07 Å².